The Bertz CT molecular complexity index is 1100. The minimum absolute atomic E-state index is 0.267. The summed E-state index contributed by atoms with van der Waals surface area (Å²) in [5, 5.41) is 2.96. The monoisotopic (exact) mass is 389 g/mol. The van der Waals surface area contributed by atoms with Crippen molar-refractivity contribution in [1.29, 1.82) is 0 Å². The molecule has 0 aliphatic carbocycles. The molecular weight excluding hydrogens is 366 g/mol. The van der Waals surface area contributed by atoms with E-state index in [1.165, 1.54) is 11.8 Å². The molecule has 0 spiro atoms. The maximum atomic E-state index is 12.4. The molecule has 4 rings (SSSR count). The smallest absolute Gasteiger partial charge is 0.287 e. The van der Waals surface area contributed by atoms with Gasteiger partial charge in [-0.2, -0.15) is 0 Å². The van der Waals surface area contributed by atoms with Crippen molar-refractivity contribution < 1.29 is 13.9 Å². The number of carbonyl (C=O) groups excluding carboxylic acids is 1. The zero-order chi connectivity index (χ0) is 20.2. The molecule has 0 radical (unpaired) electrons. The van der Waals surface area contributed by atoms with Crippen molar-refractivity contribution in [2.45, 2.75) is 26.4 Å². The van der Waals surface area contributed by atoms with Crippen LogP contribution < -0.4 is 10.1 Å². The molecule has 0 unspecified atom stereocenters. The van der Waals surface area contributed by atoms with Gasteiger partial charge in [0, 0.05) is 0 Å². The van der Waals surface area contributed by atoms with Crippen LogP contribution in [0.15, 0.2) is 71.3 Å². The summed E-state index contributed by atoms with van der Waals surface area (Å²) in [6.07, 6.45) is 1.48. The van der Waals surface area contributed by atoms with E-state index in [-0.39, 0.29) is 17.7 Å². The molecular formula is C23H23N3O3. The SMILES string of the molecule is Cc1ccc(OCCn2c([C@@H](C)NC(=O)c3ccco3)nc3ccccc32)cc1. The molecule has 0 saturated carbocycles. The molecule has 6 heteroatoms. The zero-order valence-electron chi connectivity index (χ0n) is 16.5. The van der Waals surface area contributed by atoms with Gasteiger partial charge in [0.1, 0.15) is 18.2 Å². The van der Waals surface area contributed by atoms with Crippen molar-refractivity contribution >= 4 is 16.9 Å². The Labute approximate surface area is 169 Å². The van der Waals surface area contributed by atoms with Gasteiger partial charge in [0.15, 0.2) is 5.76 Å². The molecule has 6 nitrogen and oxygen atoms in total. The van der Waals surface area contributed by atoms with Crippen LogP contribution in [-0.2, 0) is 6.54 Å². The molecule has 0 saturated heterocycles. The summed E-state index contributed by atoms with van der Waals surface area (Å²) < 4.78 is 13.2. The lowest BCUT2D eigenvalue weighted by Gasteiger charge is -2.16. The Balaban J connectivity index is 1.53. The van der Waals surface area contributed by atoms with E-state index in [4.69, 9.17) is 14.1 Å². The van der Waals surface area contributed by atoms with E-state index in [0.29, 0.717) is 13.2 Å². The van der Waals surface area contributed by atoms with E-state index in [2.05, 4.69) is 9.88 Å². The number of aromatic nitrogens is 2. The van der Waals surface area contributed by atoms with Crippen LogP contribution in [0, 0.1) is 6.92 Å². The maximum Gasteiger partial charge on any atom is 0.287 e. The van der Waals surface area contributed by atoms with Gasteiger partial charge in [-0.1, -0.05) is 29.8 Å². The first-order valence-corrected chi connectivity index (χ1v) is 9.61. The molecule has 1 N–H and O–H groups in total. The number of rotatable bonds is 7. The minimum Gasteiger partial charge on any atom is -0.492 e. The predicted octanol–water partition coefficient (Wildman–Crippen LogP) is 4.51. The van der Waals surface area contributed by atoms with E-state index in [9.17, 15) is 4.79 Å². The molecule has 29 heavy (non-hydrogen) atoms. The van der Waals surface area contributed by atoms with E-state index in [0.717, 1.165) is 22.6 Å². The average Bonchev–Trinajstić information content (AvgIpc) is 3.38. The number of hydrogen-bond donors (Lipinski definition) is 1. The van der Waals surface area contributed by atoms with E-state index in [1.807, 2.05) is 62.4 Å². The summed E-state index contributed by atoms with van der Waals surface area (Å²) in [5.41, 5.74) is 3.09. The predicted molar refractivity (Wildman–Crippen MR) is 111 cm³/mol. The van der Waals surface area contributed by atoms with Gasteiger partial charge in [-0.3, -0.25) is 4.79 Å². The van der Waals surface area contributed by atoms with Crippen LogP contribution in [-0.4, -0.2) is 22.1 Å². The fourth-order valence-electron chi connectivity index (χ4n) is 3.29. The second-order valence-electron chi connectivity index (χ2n) is 6.94. The van der Waals surface area contributed by atoms with E-state index in [1.54, 1.807) is 12.1 Å². The number of ether oxygens (including phenoxy) is 1. The first-order valence-electron chi connectivity index (χ1n) is 9.61. The summed E-state index contributed by atoms with van der Waals surface area (Å²) >= 11 is 0. The highest BCUT2D eigenvalue weighted by atomic mass is 16.5. The number of fused-ring (bicyclic) bond motifs is 1. The van der Waals surface area contributed by atoms with Crippen molar-refractivity contribution in [3.63, 3.8) is 0 Å². The van der Waals surface area contributed by atoms with Crippen molar-refractivity contribution in [2.75, 3.05) is 6.61 Å². The third kappa shape index (κ3) is 4.16. The second-order valence-corrected chi connectivity index (χ2v) is 6.94. The number of nitrogens with zero attached hydrogens (tertiary/aromatic N) is 2. The van der Waals surface area contributed by atoms with Crippen LogP contribution in [0.1, 0.15) is 34.9 Å². The van der Waals surface area contributed by atoms with E-state index < -0.39 is 0 Å². The van der Waals surface area contributed by atoms with Crippen LogP contribution in [0.2, 0.25) is 0 Å². The normalized spacial score (nSPS) is 12.1. The summed E-state index contributed by atoms with van der Waals surface area (Å²) in [7, 11) is 0. The average molecular weight is 389 g/mol. The van der Waals surface area contributed by atoms with Crippen LogP contribution in [0.4, 0.5) is 0 Å². The minimum atomic E-state index is -0.292. The quantitative estimate of drug-likeness (QED) is 0.505. The maximum absolute atomic E-state index is 12.4. The molecule has 0 aliphatic rings. The van der Waals surface area contributed by atoms with Crippen LogP contribution in [0.25, 0.3) is 11.0 Å². The van der Waals surface area contributed by atoms with Gasteiger partial charge in [0.05, 0.1) is 29.9 Å². The summed E-state index contributed by atoms with van der Waals surface area (Å²) in [5.74, 6) is 1.62. The van der Waals surface area contributed by atoms with Crippen molar-refractivity contribution in [2.24, 2.45) is 0 Å². The number of aryl methyl sites for hydroxylation is 1. The summed E-state index contributed by atoms with van der Waals surface area (Å²) in [6.45, 7) is 5.07. The molecule has 2 heterocycles. The molecule has 0 fully saturated rings. The first kappa shape index (κ1) is 18.8. The standard InChI is InChI=1S/C23H23N3O3/c1-16-9-11-18(12-10-16)28-15-13-26-20-7-4-3-6-19(20)25-22(26)17(2)24-23(27)21-8-5-14-29-21/h3-12,14,17H,13,15H2,1-2H3,(H,24,27)/t17-/m1/s1. The topological polar surface area (TPSA) is 69.3 Å². The summed E-state index contributed by atoms with van der Waals surface area (Å²) in [4.78, 5) is 17.1. The lowest BCUT2D eigenvalue weighted by Crippen LogP contribution is -2.28. The molecule has 148 valence electrons. The Morgan fingerprint density at radius 1 is 1.14 bits per heavy atom. The molecule has 1 amide bonds. The van der Waals surface area contributed by atoms with Crippen molar-refractivity contribution in [1.82, 2.24) is 14.9 Å². The molecule has 2 aromatic heterocycles. The lowest BCUT2D eigenvalue weighted by molar-refractivity contribution is 0.0909. The molecule has 1 atom stereocenters. The number of amides is 1. The van der Waals surface area contributed by atoms with E-state index >= 15 is 0 Å². The Kier molecular flexibility index (Phi) is 5.33. The molecule has 4 aromatic rings. The van der Waals surface area contributed by atoms with Gasteiger partial charge < -0.3 is 19.0 Å². The number of imidazole rings is 1. The number of carbonyl (C=O) groups is 1. The van der Waals surface area contributed by atoms with Gasteiger partial charge in [-0.05, 0) is 50.2 Å². The Morgan fingerprint density at radius 2 is 1.93 bits per heavy atom. The number of hydrogen-bond acceptors (Lipinski definition) is 4. The molecule has 2 aromatic carbocycles. The zero-order valence-corrected chi connectivity index (χ0v) is 16.5. The van der Waals surface area contributed by atoms with Crippen LogP contribution in [0.3, 0.4) is 0 Å². The Morgan fingerprint density at radius 3 is 2.69 bits per heavy atom. The van der Waals surface area contributed by atoms with Gasteiger partial charge in [-0.15, -0.1) is 0 Å². The van der Waals surface area contributed by atoms with Crippen LogP contribution in [0.5, 0.6) is 5.75 Å². The number of furan rings is 1. The Hall–Kier alpha value is -3.54. The second kappa shape index (κ2) is 8.22. The fraction of sp³-hybridized carbons (Fsp3) is 0.217. The summed E-state index contributed by atoms with van der Waals surface area (Å²) in [6, 6.07) is 19.0. The van der Waals surface area contributed by atoms with Gasteiger partial charge >= 0.3 is 0 Å². The number of benzene rings is 2. The number of para-hydroxylation sites is 2. The van der Waals surface area contributed by atoms with Gasteiger partial charge in [0.2, 0.25) is 0 Å². The highest BCUT2D eigenvalue weighted by Crippen LogP contribution is 2.21. The lowest BCUT2D eigenvalue weighted by atomic mass is 10.2. The fourth-order valence-corrected chi connectivity index (χ4v) is 3.29. The third-order valence-corrected chi connectivity index (χ3v) is 4.77. The first-order chi connectivity index (χ1) is 14.1. The van der Waals surface area contributed by atoms with Crippen molar-refractivity contribution in [3.05, 3.63) is 84.1 Å². The highest BCUT2D eigenvalue weighted by Gasteiger charge is 2.20. The largest absolute Gasteiger partial charge is 0.492 e. The van der Waals surface area contributed by atoms with Gasteiger partial charge in [0.25, 0.3) is 5.91 Å². The van der Waals surface area contributed by atoms with Crippen LogP contribution >= 0.6 is 0 Å². The highest BCUT2D eigenvalue weighted by molar-refractivity contribution is 5.91. The number of nitrogens with one attached hydrogen (secondary N) is 1. The van der Waals surface area contributed by atoms with Crippen molar-refractivity contribution in [3.8, 4) is 5.75 Å². The molecule has 0 aliphatic heterocycles. The third-order valence-electron chi connectivity index (χ3n) is 4.77. The van der Waals surface area contributed by atoms with Gasteiger partial charge in [-0.25, -0.2) is 4.98 Å². The molecule has 0 bridgehead atoms.